The van der Waals surface area contributed by atoms with E-state index in [2.05, 4.69) is 0 Å². The summed E-state index contributed by atoms with van der Waals surface area (Å²) in [6.07, 6.45) is 3.36. The second kappa shape index (κ2) is 4.02. The van der Waals surface area contributed by atoms with Crippen LogP contribution in [0.25, 0.3) is 0 Å². The lowest BCUT2D eigenvalue weighted by Gasteiger charge is -2.28. The molecule has 90 valence electrons. The third kappa shape index (κ3) is 1.75. The number of halogens is 1. The lowest BCUT2D eigenvalue weighted by molar-refractivity contribution is -0.144. The fourth-order valence-electron chi connectivity index (χ4n) is 3.81. The Balaban J connectivity index is 1.95. The van der Waals surface area contributed by atoms with Crippen molar-refractivity contribution in [1.29, 1.82) is 0 Å². The van der Waals surface area contributed by atoms with Crippen LogP contribution in [-0.4, -0.2) is 11.1 Å². The highest BCUT2D eigenvalue weighted by Gasteiger charge is 2.51. The first-order valence-corrected chi connectivity index (χ1v) is 6.53. The van der Waals surface area contributed by atoms with Gasteiger partial charge in [-0.1, -0.05) is 23.7 Å². The van der Waals surface area contributed by atoms with Crippen molar-refractivity contribution in [2.45, 2.75) is 25.2 Å². The van der Waals surface area contributed by atoms with E-state index in [1.165, 1.54) is 6.42 Å². The Kier molecular flexibility index (Phi) is 2.62. The van der Waals surface area contributed by atoms with Crippen LogP contribution in [0, 0.1) is 17.8 Å². The van der Waals surface area contributed by atoms with Gasteiger partial charge >= 0.3 is 5.97 Å². The number of hydrogen-bond acceptors (Lipinski definition) is 1. The smallest absolute Gasteiger partial charge is 0.307 e. The fourth-order valence-corrected chi connectivity index (χ4v) is 3.94. The van der Waals surface area contributed by atoms with E-state index in [0.29, 0.717) is 16.9 Å². The Labute approximate surface area is 106 Å². The first-order chi connectivity index (χ1) is 8.16. The van der Waals surface area contributed by atoms with Crippen molar-refractivity contribution in [2.24, 2.45) is 17.8 Å². The zero-order valence-corrected chi connectivity index (χ0v) is 10.2. The SMILES string of the molecule is O=C(O)[C@H]1[C@@H]2CC[C@@H](C2)[C@@H]1c1ccc(Cl)cc1. The Bertz CT molecular complexity index is 440. The average molecular weight is 251 g/mol. The van der Waals surface area contributed by atoms with E-state index in [4.69, 9.17) is 11.6 Å². The van der Waals surface area contributed by atoms with Crippen molar-refractivity contribution < 1.29 is 9.90 Å². The molecule has 0 aromatic heterocycles. The molecule has 2 saturated carbocycles. The molecule has 2 aliphatic rings. The van der Waals surface area contributed by atoms with Gasteiger partial charge < -0.3 is 5.11 Å². The third-order valence-electron chi connectivity index (χ3n) is 4.46. The maximum absolute atomic E-state index is 11.4. The summed E-state index contributed by atoms with van der Waals surface area (Å²) in [5.41, 5.74) is 1.15. The van der Waals surface area contributed by atoms with Gasteiger partial charge in [-0.15, -0.1) is 0 Å². The standard InChI is InChI=1S/C14H15ClO2/c15-11-5-3-8(4-6-11)12-9-1-2-10(7-9)13(12)14(16)17/h3-6,9-10,12-13H,1-2,7H2,(H,16,17)/t9-,10+,12-,13-/m0/s1. The van der Waals surface area contributed by atoms with Gasteiger partial charge in [0, 0.05) is 10.9 Å². The van der Waals surface area contributed by atoms with E-state index in [1.54, 1.807) is 0 Å². The van der Waals surface area contributed by atoms with Gasteiger partial charge in [-0.3, -0.25) is 4.79 Å². The summed E-state index contributed by atoms with van der Waals surface area (Å²) in [6, 6.07) is 7.71. The van der Waals surface area contributed by atoms with Crippen molar-refractivity contribution in [2.75, 3.05) is 0 Å². The molecular weight excluding hydrogens is 236 g/mol. The molecule has 0 saturated heterocycles. The van der Waals surface area contributed by atoms with Crippen LogP contribution < -0.4 is 0 Å². The molecule has 4 atom stereocenters. The van der Waals surface area contributed by atoms with E-state index in [0.717, 1.165) is 18.4 Å². The summed E-state index contributed by atoms with van der Waals surface area (Å²) in [7, 11) is 0. The zero-order valence-electron chi connectivity index (χ0n) is 9.47. The fraction of sp³-hybridized carbons (Fsp3) is 0.500. The molecule has 0 spiro atoms. The number of carboxylic acid groups (broad SMARTS) is 1. The lowest BCUT2D eigenvalue weighted by Crippen LogP contribution is -2.27. The van der Waals surface area contributed by atoms with Gasteiger partial charge in [0.25, 0.3) is 0 Å². The van der Waals surface area contributed by atoms with Gasteiger partial charge in [0.05, 0.1) is 5.92 Å². The predicted molar refractivity (Wildman–Crippen MR) is 66.1 cm³/mol. The number of carbonyl (C=O) groups is 1. The van der Waals surface area contributed by atoms with Crippen LogP contribution in [0.15, 0.2) is 24.3 Å². The Morgan fingerprint density at radius 3 is 2.47 bits per heavy atom. The van der Waals surface area contributed by atoms with E-state index in [9.17, 15) is 9.90 Å². The summed E-state index contributed by atoms with van der Waals surface area (Å²) in [5, 5.41) is 10.1. The molecule has 3 rings (SSSR count). The molecule has 2 fully saturated rings. The van der Waals surface area contributed by atoms with Crippen molar-refractivity contribution in [3.8, 4) is 0 Å². The molecule has 0 heterocycles. The van der Waals surface area contributed by atoms with Gasteiger partial charge in [-0.2, -0.15) is 0 Å². The van der Waals surface area contributed by atoms with Crippen LogP contribution in [0.4, 0.5) is 0 Å². The quantitative estimate of drug-likeness (QED) is 0.872. The lowest BCUT2D eigenvalue weighted by atomic mass is 9.75. The number of hydrogen-bond donors (Lipinski definition) is 1. The van der Waals surface area contributed by atoms with Crippen LogP contribution in [0.5, 0.6) is 0 Å². The minimum absolute atomic E-state index is 0.185. The van der Waals surface area contributed by atoms with E-state index >= 15 is 0 Å². The van der Waals surface area contributed by atoms with Crippen molar-refractivity contribution in [3.63, 3.8) is 0 Å². The topological polar surface area (TPSA) is 37.3 Å². The maximum atomic E-state index is 11.4. The second-order valence-corrected chi connectivity index (χ2v) is 5.71. The van der Waals surface area contributed by atoms with Gasteiger partial charge in [-0.25, -0.2) is 0 Å². The third-order valence-corrected chi connectivity index (χ3v) is 4.71. The highest BCUT2D eigenvalue weighted by atomic mass is 35.5. The Morgan fingerprint density at radius 2 is 1.82 bits per heavy atom. The van der Waals surface area contributed by atoms with Crippen molar-refractivity contribution in [3.05, 3.63) is 34.9 Å². The molecule has 2 aliphatic carbocycles. The van der Waals surface area contributed by atoms with Gasteiger partial charge in [-0.05, 0) is 48.8 Å². The molecule has 1 aromatic rings. The largest absolute Gasteiger partial charge is 0.481 e. The monoisotopic (exact) mass is 250 g/mol. The minimum Gasteiger partial charge on any atom is -0.481 e. The first kappa shape index (κ1) is 11.1. The second-order valence-electron chi connectivity index (χ2n) is 5.27. The maximum Gasteiger partial charge on any atom is 0.307 e. The number of benzene rings is 1. The van der Waals surface area contributed by atoms with Crippen LogP contribution >= 0.6 is 11.6 Å². The molecule has 2 nitrogen and oxygen atoms in total. The highest BCUT2D eigenvalue weighted by Crippen LogP contribution is 2.56. The summed E-state index contributed by atoms with van der Waals surface area (Å²) < 4.78 is 0. The van der Waals surface area contributed by atoms with Crippen LogP contribution in [0.2, 0.25) is 5.02 Å². The first-order valence-electron chi connectivity index (χ1n) is 6.15. The molecule has 0 radical (unpaired) electrons. The molecule has 0 amide bonds. The minimum atomic E-state index is -0.628. The van der Waals surface area contributed by atoms with E-state index in [1.807, 2.05) is 24.3 Å². The molecule has 1 aromatic carbocycles. The molecular formula is C14H15ClO2. The van der Waals surface area contributed by atoms with Crippen LogP contribution in [0.1, 0.15) is 30.7 Å². The normalized spacial score (nSPS) is 35.1. The number of carboxylic acids is 1. The van der Waals surface area contributed by atoms with Gasteiger partial charge in [0.15, 0.2) is 0 Å². The Hall–Kier alpha value is -1.02. The summed E-state index contributed by atoms with van der Waals surface area (Å²) in [6.45, 7) is 0. The molecule has 3 heteroatoms. The van der Waals surface area contributed by atoms with Gasteiger partial charge in [0.2, 0.25) is 0 Å². The van der Waals surface area contributed by atoms with E-state index < -0.39 is 5.97 Å². The molecule has 1 N–H and O–H groups in total. The van der Waals surface area contributed by atoms with Crippen LogP contribution in [0.3, 0.4) is 0 Å². The molecule has 0 aliphatic heterocycles. The van der Waals surface area contributed by atoms with Gasteiger partial charge in [0.1, 0.15) is 0 Å². The zero-order chi connectivity index (χ0) is 12.0. The molecule has 2 bridgehead atoms. The number of fused-ring (bicyclic) bond motifs is 2. The average Bonchev–Trinajstić information content (AvgIpc) is 2.89. The summed E-state index contributed by atoms with van der Waals surface area (Å²) >= 11 is 5.88. The number of aliphatic carboxylic acids is 1. The van der Waals surface area contributed by atoms with E-state index in [-0.39, 0.29) is 11.8 Å². The summed E-state index contributed by atoms with van der Waals surface area (Å²) in [4.78, 5) is 11.4. The van der Waals surface area contributed by atoms with Crippen molar-refractivity contribution >= 4 is 17.6 Å². The highest BCUT2D eigenvalue weighted by molar-refractivity contribution is 6.30. The predicted octanol–water partition coefficient (Wildman–Crippen LogP) is 3.55. The van der Waals surface area contributed by atoms with Crippen molar-refractivity contribution in [1.82, 2.24) is 0 Å². The summed E-state index contributed by atoms with van der Waals surface area (Å²) in [5.74, 6) is 0.330. The molecule has 17 heavy (non-hydrogen) atoms. The van der Waals surface area contributed by atoms with Crippen LogP contribution in [-0.2, 0) is 4.79 Å². The molecule has 0 unspecified atom stereocenters. The Morgan fingerprint density at radius 1 is 1.18 bits per heavy atom. The number of rotatable bonds is 2.